The Hall–Kier alpha value is -3.84. The zero-order chi connectivity index (χ0) is 28.1. The molecule has 4 rings (SSSR count). The van der Waals surface area contributed by atoms with E-state index in [1.165, 1.54) is 0 Å². The van der Waals surface area contributed by atoms with E-state index in [0.29, 0.717) is 77.6 Å². The summed E-state index contributed by atoms with van der Waals surface area (Å²) in [6, 6.07) is 5.56. The number of carboxylic acids is 1. The van der Waals surface area contributed by atoms with Gasteiger partial charge in [-0.25, -0.2) is 0 Å². The summed E-state index contributed by atoms with van der Waals surface area (Å²) >= 11 is 0. The van der Waals surface area contributed by atoms with Crippen molar-refractivity contribution in [2.24, 2.45) is 4.99 Å². The second-order valence-electron chi connectivity index (χ2n) is 8.98. The van der Waals surface area contributed by atoms with Crippen LogP contribution in [0.25, 0.3) is 0 Å². The number of hydrogen-bond donors (Lipinski definition) is 3. The normalized spacial score (nSPS) is 14.9. The van der Waals surface area contributed by atoms with E-state index in [1.54, 1.807) is 28.3 Å². The second-order valence-corrected chi connectivity index (χ2v) is 11.1. The number of aliphatic hydroxyl groups is 1. The monoisotopic (exact) mass is 558 g/mol. The molecule has 1 aliphatic heterocycles. The lowest BCUT2D eigenvalue weighted by Crippen LogP contribution is -2.36. The number of H-pyrrole nitrogens is 1. The van der Waals surface area contributed by atoms with Crippen LogP contribution in [0.15, 0.2) is 23.2 Å². The van der Waals surface area contributed by atoms with Crippen LogP contribution < -0.4 is 34.3 Å². The Balaban J connectivity index is 1.72. The molecule has 2 aromatic heterocycles. The number of aromatic carboxylic acids is 1. The van der Waals surface area contributed by atoms with E-state index in [2.05, 4.69) is 30.2 Å². The van der Waals surface area contributed by atoms with Crippen molar-refractivity contribution in [1.29, 1.82) is 0 Å². The third-order valence-electron chi connectivity index (χ3n) is 6.48. The minimum Gasteiger partial charge on any atom is -0.540 e. The van der Waals surface area contributed by atoms with Gasteiger partial charge < -0.3 is 39.4 Å². The van der Waals surface area contributed by atoms with Crippen molar-refractivity contribution in [1.82, 2.24) is 15.0 Å². The fourth-order valence-electron chi connectivity index (χ4n) is 4.52. The van der Waals surface area contributed by atoms with Gasteiger partial charge in [-0.15, -0.1) is 4.99 Å². The lowest BCUT2D eigenvalue weighted by atomic mass is 10.1. The van der Waals surface area contributed by atoms with Gasteiger partial charge in [-0.3, -0.25) is 4.98 Å². The lowest BCUT2D eigenvalue weighted by molar-refractivity contribution is -0.254. The molecule has 3 heterocycles. The molecule has 0 radical (unpaired) electrons. The number of aromatic nitrogens is 3. The number of methoxy groups -OCH3 is 3. The quantitative estimate of drug-likeness (QED) is 0.315. The van der Waals surface area contributed by atoms with Gasteiger partial charge in [0.2, 0.25) is 10.6 Å². The molecular weight excluding hydrogens is 524 g/mol. The number of aryl methyl sites for hydroxylation is 1. The Bertz CT molecular complexity index is 1370. The van der Waals surface area contributed by atoms with Crippen LogP contribution in [0.1, 0.15) is 40.7 Å². The molecule has 3 aromatic rings. The van der Waals surface area contributed by atoms with Gasteiger partial charge in [0.05, 0.1) is 33.1 Å². The first kappa shape index (κ1) is 28.2. The van der Waals surface area contributed by atoms with Crippen LogP contribution in [0.2, 0.25) is 0 Å². The first-order valence-corrected chi connectivity index (χ1v) is 14.0. The summed E-state index contributed by atoms with van der Waals surface area (Å²) in [6.45, 7) is 5.29. The number of piperidine rings is 1. The van der Waals surface area contributed by atoms with Crippen molar-refractivity contribution < 1.29 is 29.2 Å². The molecule has 1 fully saturated rings. The van der Waals surface area contributed by atoms with Crippen LogP contribution >= 0.6 is 10.5 Å². The first-order chi connectivity index (χ1) is 18.8. The average Bonchev–Trinajstić information content (AvgIpc) is 3.25. The number of aliphatic hydroxyl groups excluding tert-OH is 1. The summed E-state index contributed by atoms with van der Waals surface area (Å²) in [5.74, 6) is 2.36. The van der Waals surface area contributed by atoms with Gasteiger partial charge in [-0.1, -0.05) is 0 Å². The molecule has 1 aliphatic rings. The van der Waals surface area contributed by atoms with E-state index < -0.39 is 16.4 Å². The number of carbonyl (C=O) groups excluding carboxylic acids is 1. The molecule has 39 heavy (non-hydrogen) atoms. The van der Waals surface area contributed by atoms with Crippen molar-refractivity contribution in [3.8, 4) is 17.2 Å². The topological polar surface area (TPSA) is 157 Å². The second kappa shape index (κ2) is 12.3. The van der Waals surface area contributed by atoms with Crippen LogP contribution in [0.3, 0.4) is 0 Å². The fraction of sp³-hybridized carbons (Fsp3) is 0.462. The number of benzene rings is 1. The van der Waals surface area contributed by atoms with Gasteiger partial charge in [-0.05, 0) is 44.4 Å². The predicted molar refractivity (Wildman–Crippen MR) is 146 cm³/mol. The van der Waals surface area contributed by atoms with E-state index in [9.17, 15) is 15.0 Å². The Morgan fingerprint density at radius 2 is 1.85 bits per heavy atom. The van der Waals surface area contributed by atoms with Crippen LogP contribution in [0.4, 0.5) is 17.6 Å². The fourth-order valence-corrected chi connectivity index (χ4v) is 6.36. The smallest absolute Gasteiger partial charge is 0.348 e. The maximum absolute atomic E-state index is 11.7. The number of nitrogens with zero attached hydrogens (tertiary/aromatic N) is 4. The summed E-state index contributed by atoms with van der Waals surface area (Å²) in [5, 5.41) is 25.0. The molecule has 0 saturated carbocycles. The molecule has 3 N–H and O–H groups in total. The van der Waals surface area contributed by atoms with Gasteiger partial charge in [0.1, 0.15) is 23.4 Å². The molecule has 210 valence electrons. The van der Waals surface area contributed by atoms with Gasteiger partial charge >= 0.3 is 4.80 Å². The van der Waals surface area contributed by atoms with E-state index in [-0.39, 0.29) is 16.9 Å². The zero-order valence-corrected chi connectivity index (χ0v) is 23.6. The molecule has 12 nitrogen and oxygen atoms in total. The van der Waals surface area contributed by atoms with E-state index in [1.807, 2.05) is 25.1 Å². The van der Waals surface area contributed by atoms with E-state index in [0.717, 1.165) is 5.56 Å². The summed E-state index contributed by atoms with van der Waals surface area (Å²) in [6.07, 6.45) is 0.953. The van der Waals surface area contributed by atoms with Crippen LogP contribution in [0, 0.1) is 6.92 Å². The first-order valence-electron chi connectivity index (χ1n) is 12.6. The Kier molecular flexibility index (Phi) is 8.92. The van der Waals surface area contributed by atoms with Crippen LogP contribution in [0.5, 0.6) is 17.2 Å². The molecular formula is C26H34N6O6S. The molecule has 1 aromatic carbocycles. The largest absolute Gasteiger partial charge is 0.540 e. The third-order valence-corrected chi connectivity index (χ3v) is 8.68. The van der Waals surface area contributed by atoms with Gasteiger partial charge in [0.25, 0.3) is 5.95 Å². The van der Waals surface area contributed by atoms with Gasteiger partial charge in [-0.2, -0.15) is 9.97 Å². The van der Waals surface area contributed by atoms with Gasteiger partial charge in [0.15, 0.2) is 11.5 Å². The number of hydrogen-bond acceptors (Lipinski definition) is 11. The number of carbonyl (C=O) groups is 1. The summed E-state index contributed by atoms with van der Waals surface area (Å²) in [5.41, 5.74) is 1.39. The van der Waals surface area contributed by atoms with Gasteiger partial charge in [0, 0.05) is 36.2 Å². The average molecular weight is 559 g/mol. The Morgan fingerprint density at radius 1 is 1.18 bits per heavy atom. The molecule has 0 aliphatic carbocycles. The van der Waals surface area contributed by atoms with E-state index >= 15 is 0 Å². The number of rotatable bonds is 10. The molecule has 0 bridgehead atoms. The highest BCUT2D eigenvalue weighted by molar-refractivity contribution is 7.30. The number of carboxylic acid groups (broad SMARTS) is 1. The lowest BCUT2D eigenvalue weighted by Gasteiger charge is -2.30. The predicted octanol–water partition coefficient (Wildman–Crippen LogP) is 2.08. The zero-order valence-electron chi connectivity index (χ0n) is 22.7. The van der Waals surface area contributed by atoms with Crippen molar-refractivity contribution in [3.63, 3.8) is 0 Å². The number of ether oxygens (including phenoxy) is 3. The highest BCUT2D eigenvalue weighted by Crippen LogP contribution is 2.38. The van der Waals surface area contributed by atoms with Crippen molar-refractivity contribution in [3.05, 3.63) is 39.1 Å². The third kappa shape index (κ3) is 6.25. The summed E-state index contributed by atoms with van der Waals surface area (Å²) in [4.78, 5) is 31.5. The Morgan fingerprint density at radius 3 is 2.41 bits per heavy atom. The highest BCUT2D eigenvalue weighted by Gasteiger charge is 2.23. The minimum absolute atomic E-state index is 0.201. The minimum atomic E-state index is -1.20. The SMILES string of the molecule is CC[s+]1c(C(=O)[O-])c(C)[nH]c1=Nc1nc(NCc2cc(OC)c(OC)c(OC)c2)cc(N2CCC(O)CC2)n1. The summed E-state index contributed by atoms with van der Waals surface area (Å²) in [7, 11) is 3.92. The van der Waals surface area contributed by atoms with Crippen LogP contribution in [-0.4, -0.2) is 66.6 Å². The van der Waals surface area contributed by atoms with Crippen molar-refractivity contribution in [2.45, 2.75) is 45.1 Å². The van der Waals surface area contributed by atoms with E-state index in [4.69, 9.17) is 14.2 Å². The highest BCUT2D eigenvalue weighted by atomic mass is 32.2. The van der Waals surface area contributed by atoms with Crippen LogP contribution in [-0.2, 0) is 12.3 Å². The van der Waals surface area contributed by atoms with Crippen molar-refractivity contribution in [2.75, 3.05) is 44.6 Å². The summed E-state index contributed by atoms with van der Waals surface area (Å²) < 4.78 is 16.3. The molecule has 1 saturated heterocycles. The number of aromatic amines is 1. The molecule has 1 unspecified atom stereocenters. The Labute approximate surface area is 229 Å². The van der Waals surface area contributed by atoms with Crippen molar-refractivity contribution >= 4 is 34.0 Å². The maximum Gasteiger partial charge on any atom is 0.348 e. The molecule has 0 amide bonds. The molecule has 0 spiro atoms. The molecule has 13 heteroatoms. The maximum atomic E-state index is 11.7. The number of anilines is 2. The standard InChI is InChI=1S/C26H34N6O6S/c1-6-39-23(24(34)35)15(2)28-26(39)31-25-29-20(13-21(30-25)32-9-7-17(33)8-10-32)27-14-16-11-18(36-3)22(38-5)19(12-16)37-4/h11-13,17,33H,6-10,14H2,1-5H3,(H2-,27,28,29,30,31,34,35). The molecule has 1 atom stereocenters. The number of nitrogens with one attached hydrogen (secondary N) is 2. The number of thiazole rings is 1.